The first kappa shape index (κ1) is 12.4. The van der Waals surface area contributed by atoms with Crippen LogP contribution in [-0.4, -0.2) is 12.9 Å². The number of para-hydroxylation sites is 2. The van der Waals surface area contributed by atoms with Crippen LogP contribution >= 0.6 is 11.8 Å². The highest BCUT2D eigenvalue weighted by molar-refractivity contribution is 7.98. The molecule has 3 rings (SSSR count). The molecule has 0 fully saturated rings. The van der Waals surface area contributed by atoms with Crippen molar-refractivity contribution in [3.63, 3.8) is 0 Å². The lowest BCUT2D eigenvalue weighted by molar-refractivity contribution is 0.416. The second-order valence-corrected chi connectivity index (χ2v) is 5.64. The van der Waals surface area contributed by atoms with Crippen molar-refractivity contribution in [3.05, 3.63) is 59.7 Å². The van der Waals surface area contributed by atoms with Gasteiger partial charge in [-0.1, -0.05) is 36.4 Å². The second kappa shape index (κ2) is 5.57. The monoisotopic (exact) mass is 271 g/mol. The summed E-state index contributed by atoms with van der Waals surface area (Å²) in [5, 5.41) is 3.61. The average Bonchev–Trinajstić information content (AvgIpc) is 2.48. The van der Waals surface area contributed by atoms with E-state index in [1.165, 1.54) is 11.1 Å². The summed E-state index contributed by atoms with van der Waals surface area (Å²) in [6, 6.07) is 17.1. The molecule has 0 saturated carbocycles. The Bertz CT molecular complexity index is 570. The predicted molar refractivity (Wildman–Crippen MR) is 82.0 cm³/mol. The van der Waals surface area contributed by atoms with Gasteiger partial charge in [0.1, 0.15) is 5.75 Å². The minimum Gasteiger partial charge on any atom is -0.495 e. The maximum absolute atomic E-state index is 5.41. The summed E-state index contributed by atoms with van der Waals surface area (Å²) >= 11 is 1.98. The molecule has 1 unspecified atom stereocenters. The molecule has 0 amide bonds. The molecule has 2 aromatic rings. The molecule has 1 atom stereocenters. The zero-order chi connectivity index (χ0) is 13.1. The van der Waals surface area contributed by atoms with Crippen LogP contribution in [-0.2, 0) is 5.75 Å². The molecule has 98 valence electrons. The van der Waals surface area contributed by atoms with Crippen LogP contribution in [0.4, 0.5) is 5.69 Å². The lowest BCUT2D eigenvalue weighted by Crippen LogP contribution is -2.19. The summed E-state index contributed by atoms with van der Waals surface area (Å²) in [5.41, 5.74) is 3.91. The van der Waals surface area contributed by atoms with Gasteiger partial charge in [0, 0.05) is 11.5 Å². The zero-order valence-corrected chi connectivity index (χ0v) is 11.7. The Kier molecular flexibility index (Phi) is 3.65. The fourth-order valence-corrected chi connectivity index (χ4v) is 3.55. The number of hydrogen-bond donors (Lipinski definition) is 1. The smallest absolute Gasteiger partial charge is 0.141 e. The van der Waals surface area contributed by atoms with Crippen molar-refractivity contribution in [1.29, 1.82) is 0 Å². The molecule has 19 heavy (non-hydrogen) atoms. The molecule has 1 aliphatic rings. The molecule has 0 radical (unpaired) electrons. The number of hydrogen-bond acceptors (Lipinski definition) is 3. The van der Waals surface area contributed by atoms with Gasteiger partial charge in [0.2, 0.25) is 0 Å². The number of ether oxygens (including phenoxy) is 1. The number of thioether (sulfide) groups is 1. The molecule has 1 N–H and O–H groups in total. The molecule has 3 heteroatoms. The summed E-state index contributed by atoms with van der Waals surface area (Å²) in [4.78, 5) is 0. The van der Waals surface area contributed by atoms with Crippen LogP contribution in [0, 0.1) is 0 Å². The molecule has 0 aromatic heterocycles. The Hall–Kier alpha value is -1.61. The standard InChI is InChI=1S/C16H17NOS/c1-18-16-9-5-4-8-14(16)17-15-11-19-10-12-6-2-3-7-13(12)15/h2-9,15,17H,10-11H2,1H3. The van der Waals surface area contributed by atoms with E-state index in [0.717, 1.165) is 22.9 Å². The van der Waals surface area contributed by atoms with Crippen molar-refractivity contribution >= 4 is 17.4 Å². The van der Waals surface area contributed by atoms with E-state index >= 15 is 0 Å². The Balaban J connectivity index is 1.88. The van der Waals surface area contributed by atoms with Crippen molar-refractivity contribution < 1.29 is 4.74 Å². The molecular weight excluding hydrogens is 254 g/mol. The van der Waals surface area contributed by atoms with Crippen molar-refractivity contribution in [1.82, 2.24) is 0 Å². The summed E-state index contributed by atoms with van der Waals surface area (Å²) in [6.45, 7) is 0. The zero-order valence-electron chi connectivity index (χ0n) is 10.9. The fourth-order valence-electron chi connectivity index (χ4n) is 2.45. The summed E-state index contributed by atoms with van der Waals surface area (Å²) < 4.78 is 5.41. The van der Waals surface area contributed by atoms with Gasteiger partial charge >= 0.3 is 0 Å². The lowest BCUT2D eigenvalue weighted by Gasteiger charge is -2.27. The minimum atomic E-state index is 0.353. The van der Waals surface area contributed by atoms with Crippen LogP contribution < -0.4 is 10.1 Å². The summed E-state index contributed by atoms with van der Waals surface area (Å²) in [6.07, 6.45) is 0. The van der Waals surface area contributed by atoms with Crippen molar-refractivity contribution in [2.75, 3.05) is 18.2 Å². The van der Waals surface area contributed by atoms with Crippen LogP contribution in [0.5, 0.6) is 5.75 Å². The number of methoxy groups -OCH3 is 1. The molecule has 2 nitrogen and oxygen atoms in total. The van der Waals surface area contributed by atoms with Gasteiger partial charge in [-0.25, -0.2) is 0 Å². The van der Waals surface area contributed by atoms with Crippen LogP contribution in [0.3, 0.4) is 0 Å². The number of rotatable bonds is 3. The predicted octanol–water partition coefficient (Wildman–Crippen LogP) is 4.10. The molecule has 0 aliphatic carbocycles. The van der Waals surface area contributed by atoms with E-state index in [9.17, 15) is 0 Å². The number of fused-ring (bicyclic) bond motifs is 1. The van der Waals surface area contributed by atoms with Gasteiger partial charge in [-0.15, -0.1) is 0 Å². The van der Waals surface area contributed by atoms with E-state index in [4.69, 9.17) is 4.74 Å². The highest BCUT2D eigenvalue weighted by atomic mass is 32.2. The average molecular weight is 271 g/mol. The Morgan fingerprint density at radius 2 is 1.89 bits per heavy atom. The van der Waals surface area contributed by atoms with Gasteiger partial charge in [-0.3, -0.25) is 0 Å². The summed E-state index contributed by atoms with van der Waals surface area (Å²) in [7, 11) is 1.71. The van der Waals surface area contributed by atoms with E-state index in [0.29, 0.717) is 6.04 Å². The Morgan fingerprint density at radius 3 is 2.79 bits per heavy atom. The fraction of sp³-hybridized carbons (Fsp3) is 0.250. The van der Waals surface area contributed by atoms with E-state index < -0.39 is 0 Å². The van der Waals surface area contributed by atoms with Crippen LogP contribution in [0.2, 0.25) is 0 Å². The van der Waals surface area contributed by atoms with Gasteiger partial charge in [0.15, 0.2) is 0 Å². The first-order chi connectivity index (χ1) is 9.38. The van der Waals surface area contributed by atoms with Crippen molar-refractivity contribution in [2.45, 2.75) is 11.8 Å². The largest absolute Gasteiger partial charge is 0.495 e. The third-order valence-electron chi connectivity index (χ3n) is 3.41. The number of benzene rings is 2. The topological polar surface area (TPSA) is 21.3 Å². The molecular formula is C16H17NOS. The first-order valence-corrected chi connectivity index (χ1v) is 7.59. The molecule has 1 aliphatic heterocycles. The van der Waals surface area contributed by atoms with Crippen LogP contribution in [0.1, 0.15) is 17.2 Å². The van der Waals surface area contributed by atoms with E-state index in [2.05, 4.69) is 35.6 Å². The van der Waals surface area contributed by atoms with E-state index in [-0.39, 0.29) is 0 Å². The number of anilines is 1. The van der Waals surface area contributed by atoms with Crippen LogP contribution in [0.25, 0.3) is 0 Å². The SMILES string of the molecule is COc1ccccc1NC1CSCc2ccccc21. The van der Waals surface area contributed by atoms with Crippen molar-refractivity contribution in [3.8, 4) is 5.75 Å². The minimum absolute atomic E-state index is 0.353. The Labute approximate surface area is 118 Å². The molecule has 0 spiro atoms. The van der Waals surface area contributed by atoms with E-state index in [1.807, 2.05) is 30.0 Å². The maximum Gasteiger partial charge on any atom is 0.141 e. The highest BCUT2D eigenvalue weighted by Crippen LogP contribution is 2.35. The molecule has 2 aromatic carbocycles. The third kappa shape index (κ3) is 2.56. The van der Waals surface area contributed by atoms with Crippen molar-refractivity contribution in [2.24, 2.45) is 0 Å². The number of nitrogens with one attached hydrogen (secondary N) is 1. The highest BCUT2D eigenvalue weighted by Gasteiger charge is 2.20. The van der Waals surface area contributed by atoms with Gasteiger partial charge in [0.05, 0.1) is 18.8 Å². The second-order valence-electron chi connectivity index (χ2n) is 4.61. The lowest BCUT2D eigenvalue weighted by atomic mass is 10.0. The third-order valence-corrected chi connectivity index (χ3v) is 4.49. The van der Waals surface area contributed by atoms with Crippen LogP contribution in [0.15, 0.2) is 48.5 Å². The van der Waals surface area contributed by atoms with Gasteiger partial charge < -0.3 is 10.1 Å². The maximum atomic E-state index is 5.41. The molecule has 1 heterocycles. The van der Waals surface area contributed by atoms with Gasteiger partial charge in [-0.05, 0) is 23.3 Å². The molecule has 0 bridgehead atoms. The first-order valence-electron chi connectivity index (χ1n) is 6.43. The summed E-state index contributed by atoms with van der Waals surface area (Å²) in [5.74, 6) is 3.10. The van der Waals surface area contributed by atoms with Gasteiger partial charge in [-0.2, -0.15) is 11.8 Å². The van der Waals surface area contributed by atoms with E-state index in [1.54, 1.807) is 7.11 Å². The van der Waals surface area contributed by atoms with Gasteiger partial charge in [0.25, 0.3) is 0 Å². The normalized spacial score (nSPS) is 17.6. The Morgan fingerprint density at radius 1 is 1.11 bits per heavy atom. The molecule has 0 saturated heterocycles. The quantitative estimate of drug-likeness (QED) is 0.908.